The summed E-state index contributed by atoms with van der Waals surface area (Å²) in [5.74, 6) is 1.77. The van der Waals surface area contributed by atoms with Crippen LogP contribution in [0.4, 0.5) is 0 Å². The topological polar surface area (TPSA) is 35.2 Å². The fraction of sp³-hybridized carbons (Fsp3) is 0.300. The Balaban J connectivity index is 1.56. The fourth-order valence-electron chi connectivity index (χ4n) is 2.71. The minimum atomic E-state index is 0.579. The Bertz CT molecular complexity index is 921. The molecule has 0 fully saturated rings. The van der Waals surface area contributed by atoms with E-state index in [9.17, 15) is 0 Å². The van der Waals surface area contributed by atoms with Crippen LogP contribution in [0.3, 0.4) is 0 Å². The van der Waals surface area contributed by atoms with E-state index in [1.165, 1.54) is 5.56 Å². The Morgan fingerprint density at radius 1 is 1.11 bits per heavy atom. The first-order chi connectivity index (χ1) is 13.0. The quantitative estimate of drug-likeness (QED) is 0.530. The van der Waals surface area contributed by atoms with E-state index in [1.807, 2.05) is 65.8 Å². The van der Waals surface area contributed by atoms with E-state index in [0.717, 1.165) is 24.5 Å². The van der Waals surface area contributed by atoms with Crippen LogP contribution in [0.15, 0.2) is 54.6 Å². The molecule has 0 saturated carbocycles. The molecule has 0 atom stereocenters. The second-order valence-electron chi connectivity index (χ2n) is 6.44. The second-order valence-corrected chi connectivity index (χ2v) is 7.24. The van der Waals surface area contributed by atoms with Crippen LogP contribution >= 0.6 is 23.8 Å². The Hall–Kier alpha value is -2.15. The summed E-state index contributed by atoms with van der Waals surface area (Å²) >= 11 is 11.4. The van der Waals surface area contributed by atoms with Gasteiger partial charge in [0.25, 0.3) is 0 Å². The van der Waals surface area contributed by atoms with Crippen LogP contribution < -0.4 is 4.74 Å². The normalized spacial score (nSPS) is 11.1. The highest BCUT2D eigenvalue weighted by atomic mass is 35.5. The van der Waals surface area contributed by atoms with Crippen LogP contribution in [-0.4, -0.2) is 39.4 Å². The van der Waals surface area contributed by atoms with Gasteiger partial charge in [0.15, 0.2) is 4.77 Å². The van der Waals surface area contributed by atoms with E-state index >= 15 is 0 Å². The van der Waals surface area contributed by atoms with Gasteiger partial charge in [-0.3, -0.25) is 4.90 Å². The van der Waals surface area contributed by atoms with Crippen molar-refractivity contribution in [3.8, 4) is 5.75 Å². The number of halogens is 1. The summed E-state index contributed by atoms with van der Waals surface area (Å²) < 4.78 is 10.3. The summed E-state index contributed by atoms with van der Waals surface area (Å²) in [7, 11) is 3.99. The van der Waals surface area contributed by atoms with Crippen LogP contribution in [0.25, 0.3) is 0 Å². The molecule has 0 amide bonds. The highest BCUT2D eigenvalue weighted by Gasteiger charge is 2.10. The summed E-state index contributed by atoms with van der Waals surface area (Å²) in [5.41, 5.74) is 1.22. The van der Waals surface area contributed by atoms with Crippen LogP contribution in [0.2, 0.25) is 5.02 Å². The molecule has 2 aromatic carbocycles. The maximum atomic E-state index is 5.88. The lowest BCUT2D eigenvalue weighted by Crippen LogP contribution is -2.27. The number of benzene rings is 2. The zero-order chi connectivity index (χ0) is 19.2. The van der Waals surface area contributed by atoms with Gasteiger partial charge < -0.3 is 9.30 Å². The number of aromatic nitrogens is 3. The summed E-state index contributed by atoms with van der Waals surface area (Å²) in [5, 5.41) is 5.40. The lowest BCUT2D eigenvalue weighted by molar-refractivity contribution is 0.197. The van der Waals surface area contributed by atoms with Gasteiger partial charge in [0.05, 0.1) is 6.67 Å². The smallest absolute Gasteiger partial charge is 0.198 e. The Morgan fingerprint density at radius 3 is 2.52 bits per heavy atom. The van der Waals surface area contributed by atoms with E-state index in [4.69, 9.17) is 33.7 Å². The van der Waals surface area contributed by atoms with Crippen LogP contribution in [0.1, 0.15) is 11.4 Å². The number of hydrogen-bond acceptors (Lipinski definition) is 4. The van der Waals surface area contributed by atoms with E-state index in [2.05, 4.69) is 17.0 Å². The van der Waals surface area contributed by atoms with Gasteiger partial charge in [-0.15, -0.1) is 0 Å². The molecule has 7 heteroatoms. The molecule has 1 aromatic heterocycles. The maximum absolute atomic E-state index is 5.88. The van der Waals surface area contributed by atoms with E-state index in [-0.39, 0.29) is 0 Å². The van der Waals surface area contributed by atoms with Crippen LogP contribution in [-0.2, 0) is 20.1 Å². The van der Waals surface area contributed by atoms with Gasteiger partial charge in [0.2, 0.25) is 0 Å². The first kappa shape index (κ1) is 19.6. The minimum absolute atomic E-state index is 0.579. The molecule has 5 nitrogen and oxygen atoms in total. The third kappa shape index (κ3) is 5.42. The number of hydrogen-bond donors (Lipinski definition) is 0. The Kier molecular flexibility index (Phi) is 6.66. The molecular formula is C20H23ClN4OS. The molecule has 0 saturated heterocycles. The SMILES string of the molecule is CN(CCOc1ccc(Cl)cc1)Cn1nc(Cc2ccccc2)n(C)c1=S. The molecule has 0 N–H and O–H groups in total. The van der Waals surface area contributed by atoms with Gasteiger partial charge in [-0.25, -0.2) is 4.68 Å². The third-order valence-corrected chi connectivity index (χ3v) is 5.00. The van der Waals surface area contributed by atoms with Gasteiger partial charge in [-0.05, 0) is 49.1 Å². The molecule has 1 heterocycles. The van der Waals surface area contributed by atoms with Gasteiger partial charge in [0, 0.05) is 25.0 Å². The Morgan fingerprint density at radius 2 is 1.81 bits per heavy atom. The van der Waals surface area contributed by atoms with Crippen LogP contribution in [0, 0.1) is 4.77 Å². The van der Waals surface area contributed by atoms with Crippen molar-refractivity contribution in [1.82, 2.24) is 19.2 Å². The molecule has 3 rings (SSSR count). The molecule has 0 aliphatic carbocycles. The second kappa shape index (κ2) is 9.17. The average Bonchev–Trinajstić information content (AvgIpc) is 2.92. The highest BCUT2D eigenvalue weighted by Crippen LogP contribution is 2.15. The summed E-state index contributed by atoms with van der Waals surface area (Å²) in [6.45, 7) is 1.95. The van der Waals surface area contributed by atoms with Crippen molar-refractivity contribution in [3.63, 3.8) is 0 Å². The molecular weight excluding hydrogens is 380 g/mol. The largest absolute Gasteiger partial charge is 0.492 e. The van der Waals surface area contributed by atoms with Crippen molar-refractivity contribution >= 4 is 23.8 Å². The zero-order valence-corrected chi connectivity index (χ0v) is 17.1. The van der Waals surface area contributed by atoms with Gasteiger partial charge in [0.1, 0.15) is 18.2 Å². The predicted octanol–water partition coefficient (Wildman–Crippen LogP) is 4.16. The molecule has 142 valence electrons. The fourth-order valence-corrected chi connectivity index (χ4v) is 3.04. The van der Waals surface area contributed by atoms with Crippen molar-refractivity contribution < 1.29 is 4.74 Å². The minimum Gasteiger partial charge on any atom is -0.492 e. The Labute approximate surface area is 169 Å². The molecule has 0 bridgehead atoms. The first-order valence-corrected chi connectivity index (χ1v) is 9.55. The summed E-state index contributed by atoms with van der Waals surface area (Å²) in [4.78, 5) is 2.13. The molecule has 0 aliphatic heterocycles. The van der Waals surface area contributed by atoms with E-state index in [0.29, 0.717) is 23.1 Å². The molecule has 27 heavy (non-hydrogen) atoms. The van der Waals surface area contributed by atoms with Crippen molar-refractivity contribution in [2.75, 3.05) is 20.2 Å². The lowest BCUT2D eigenvalue weighted by Gasteiger charge is -2.16. The average molecular weight is 403 g/mol. The molecule has 0 radical (unpaired) electrons. The number of likely N-dealkylation sites (N-methyl/N-ethyl adjacent to an activating group) is 1. The standard InChI is InChI=1S/C20H23ClN4OS/c1-23(12-13-26-18-10-8-17(21)9-11-18)15-25-20(27)24(2)19(22-25)14-16-6-4-3-5-7-16/h3-11H,12-15H2,1-2H3. The molecule has 0 aliphatic rings. The summed E-state index contributed by atoms with van der Waals surface area (Å²) in [6.07, 6.45) is 0.761. The number of rotatable bonds is 8. The molecule has 3 aromatic rings. The maximum Gasteiger partial charge on any atom is 0.198 e. The van der Waals surface area contributed by atoms with Crippen LogP contribution in [0.5, 0.6) is 5.75 Å². The highest BCUT2D eigenvalue weighted by molar-refractivity contribution is 7.71. The first-order valence-electron chi connectivity index (χ1n) is 8.76. The van der Waals surface area contributed by atoms with Gasteiger partial charge in [-0.1, -0.05) is 41.9 Å². The molecule has 0 spiro atoms. The molecule has 0 unspecified atom stereocenters. The van der Waals surface area contributed by atoms with Crippen molar-refractivity contribution in [1.29, 1.82) is 0 Å². The zero-order valence-electron chi connectivity index (χ0n) is 15.5. The monoisotopic (exact) mass is 402 g/mol. The van der Waals surface area contributed by atoms with Crippen molar-refractivity contribution in [2.24, 2.45) is 7.05 Å². The number of nitrogens with zero attached hydrogens (tertiary/aromatic N) is 4. The predicted molar refractivity (Wildman–Crippen MR) is 111 cm³/mol. The van der Waals surface area contributed by atoms with Gasteiger partial charge >= 0.3 is 0 Å². The van der Waals surface area contributed by atoms with E-state index < -0.39 is 0 Å². The van der Waals surface area contributed by atoms with Crippen molar-refractivity contribution in [2.45, 2.75) is 13.1 Å². The number of ether oxygens (including phenoxy) is 1. The summed E-state index contributed by atoms with van der Waals surface area (Å²) in [6, 6.07) is 17.7. The van der Waals surface area contributed by atoms with Gasteiger partial charge in [-0.2, -0.15) is 5.10 Å². The van der Waals surface area contributed by atoms with Crippen molar-refractivity contribution in [3.05, 3.63) is 75.8 Å². The third-order valence-electron chi connectivity index (χ3n) is 4.27. The lowest BCUT2D eigenvalue weighted by atomic mass is 10.1. The van der Waals surface area contributed by atoms with E-state index in [1.54, 1.807) is 0 Å².